The zero-order chi connectivity index (χ0) is 20.3. The summed E-state index contributed by atoms with van der Waals surface area (Å²) < 4.78 is 8.48. The molecule has 1 aromatic heterocycles. The molecule has 29 heavy (non-hydrogen) atoms. The van der Waals surface area contributed by atoms with Crippen molar-refractivity contribution >= 4 is 23.2 Å². The number of fused-ring (bicyclic) bond motifs is 6. The standard InChI is InChI=1S/C23H20N2O3S/c1-13-8-10-15(11-9-13)12-18-21(27)25-20-16-6-4-5-7-17(16)28-23(3,19(20)14(2)26)24-22(25)29-18/h4-12,19-20H,1-3H3/b18-12+/t19-,20+,23+/m1/s1. The van der Waals surface area contributed by atoms with Crippen molar-refractivity contribution in [3.05, 3.63) is 84.9 Å². The van der Waals surface area contributed by atoms with Gasteiger partial charge in [0.2, 0.25) is 5.72 Å². The Balaban J connectivity index is 1.80. The lowest BCUT2D eigenvalue weighted by Crippen LogP contribution is -2.58. The zero-order valence-corrected chi connectivity index (χ0v) is 17.2. The topological polar surface area (TPSA) is 60.7 Å². The van der Waals surface area contributed by atoms with Crippen LogP contribution in [-0.4, -0.2) is 16.1 Å². The monoisotopic (exact) mass is 404 g/mol. The van der Waals surface area contributed by atoms with Crippen LogP contribution in [0, 0.1) is 12.8 Å². The van der Waals surface area contributed by atoms with E-state index in [0.717, 1.165) is 11.1 Å². The predicted octanol–water partition coefficient (Wildman–Crippen LogP) is 2.58. The number of hydrogen-bond donors (Lipinski definition) is 0. The average molecular weight is 404 g/mol. The third-order valence-corrected chi connectivity index (χ3v) is 6.68. The molecule has 0 fully saturated rings. The van der Waals surface area contributed by atoms with E-state index in [1.165, 1.54) is 16.9 Å². The van der Waals surface area contributed by atoms with E-state index in [9.17, 15) is 9.59 Å². The van der Waals surface area contributed by atoms with E-state index in [0.29, 0.717) is 15.1 Å². The first kappa shape index (κ1) is 18.1. The second-order valence-electron chi connectivity index (χ2n) is 7.82. The van der Waals surface area contributed by atoms with Crippen LogP contribution in [0.3, 0.4) is 0 Å². The van der Waals surface area contributed by atoms with Crippen LogP contribution >= 0.6 is 11.3 Å². The van der Waals surface area contributed by atoms with Gasteiger partial charge in [0.25, 0.3) is 5.56 Å². The van der Waals surface area contributed by atoms with Gasteiger partial charge in [0.05, 0.1) is 10.6 Å². The van der Waals surface area contributed by atoms with Crippen molar-refractivity contribution in [2.24, 2.45) is 10.9 Å². The molecule has 2 aliphatic rings. The number of ether oxygens (including phenoxy) is 1. The minimum absolute atomic E-state index is 0.0384. The van der Waals surface area contributed by atoms with Crippen LogP contribution in [0.2, 0.25) is 0 Å². The van der Waals surface area contributed by atoms with Gasteiger partial charge >= 0.3 is 0 Å². The number of benzene rings is 2. The van der Waals surface area contributed by atoms with Crippen LogP contribution in [0.15, 0.2) is 58.3 Å². The second-order valence-corrected chi connectivity index (χ2v) is 8.83. The molecule has 0 radical (unpaired) electrons. The molecule has 5 rings (SSSR count). The van der Waals surface area contributed by atoms with Gasteiger partial charge < -0.3 is 4.74 Å². The third kappa shape index (κ3) is 2.70. The fraction of sp³-hybridized carbons (Fsp3) is 0.261. The molecule has 2 aromatic carbocycles. The van der Waals surface area contributed by atoms with Crippen LogP contribution in [0.1, 0.15) is 36.6 Å². The first-order chi connectivity index (χ1) is 13.9. The van der Waals surface area contributed by atoms with Gasteiger partial charge in [-0.05, 0) is 38.5 Å². The predicted molar refractivity (Wildman–Crippen MR) is 112 cm³/mol. The van der Waals surface area contributed by atoms with Crippen LogP contribution in [0.25, 0.3) is 6.08 Å². The summed E-state index contributed by atoms with van der Waals surface area (Å²) in [4.78, 5) is 31.4. The van der Waals surface area contributed by atoms with E-state index in [4.69, 9.17) is 9.73 Å². The number of aryl methyl sites for hydroxylation is 1. The number of Topliss-reactive ketones (excluding diaryl/α,β-unsaturated/α-hetero) is 1. The smallest absolute Gasteiger partial charge is 0.270 e. The molecule has 0 N–H and O–H groups in total. The molecule has 2 aliphatic heterocycles. The fourth-order valence-electron chi connectivity index (χ4n) is 4.37. The van der Waals surface area contributed by atoms with E-state index in [1.807, 2.05) is 68.5 Å². The third-order valence-electron chi connectivity index (χ3n) is 5.69. The number of carbonyl (C=O) groups excluding carboxylic acids is 1. The van der Waals surface area contributed by atoms with Crippen LogP contribution in [-0.2, 0) is 4.79 Å². The first-order valence-corrected chi connectivity index (χ1v) is 10.4. The average Bonchev–Trinajstić information content (AvgIpc) is 2.96. The summed E-state index contributed by atoms with van der Waals surface area (Å²) in [5.74, 6) is 0.0852. The Labute approximate surface area is 171 Å². The summed E-state index contributed by atoms with van der Waals surface area (Å²) in [6, 6.07) is 15.2. The van der Waals surface area contributed by atoms with Gasteiger partial charge in [-0.15, -0.1) is 0 Å². The largest absolute Gasteiger partial charge is 0.465 e. The lowest BCUT2D eigenvalue weighted by Gasteiger charge is -2.45. The van der Waals surface area contributed by atoms with Gasteiger partial charge in [0.15, 0.2) is 4.80 Å². The number of ketones is 1. The molecule has 0 aliphatic carbocycles. The molecule has 3 aromatic rings. The summed E-state index contributed by atoms with van der Waals surface area (Å²) in [6.07, 6.45) is 1.88. The number of carbonyl (C=O) groups is 1. The Hall–Kier alpha value is -2.99. The van der Waals surface area contributed by atoms with Gasteiger partial charge in [-0.3, -0.25) is 14.2 Å². The molecule has 146 valence electrons. The molecule has 0 saturated carbocycles. The minimum Gasteiger partial charge on any atom is -0.465 e. The summed E-state index contributed by atoms with van der Waals surface area (Å²) in [5.41, 5.74) is 1.83. The van der Waals surface area contributed by atoms with Crippen molar-refractivity contribution in [3.63, 3.8) is 0 Å². The summed E-state index contributed by atoms with van der Waals surface area (Å²) in [6.45, 7) is 5.41. The van der Waals surface area contributed by atoms with E-state index < -0.39 is 17.7 Å². The minimum atomic E-state index is -1.02. The number of thiazole rings is 1. The van der Waals surface area contributed by atoms with Gasteiger partial charge in [0.1, 0.15) is 17.5 Å². The molecule has 0 saturated heterocycles. The number of nitrogens with zero attached hydrogens (tertiary/aromatic N) is 2. The van der Waals surface area contributed by atoms with E-state index >= 15 is 0 Å². The van der Waals surface area contributed by atoms with Crippen molar-refractivity contribution in [3.8, 4) is 5.75 Å². The maximum absolute atomic E-state index is 13.4. The van der Waals surface area contributed by atoms with E-state index in [2.05, 4.69) is 0 Å². The Morgan fingerprint density at radius 3 is 2.66 bits per heavy atom. The fourth-order valence-corrected chi connectivity index (χ4v) is 5.47. The van der Waals surface area contributed by atoms with Gasteiger partial charge in [-0.2, -0.15) is 0 Å². The summed E-state index contributed by atoms with van der Waals surface area (Å²) >= 11 is 1.34. The van der Waals surface area contributed by atoms with Crippen LogP contribution in [0.5, 0.6) is 5.75 Å². The maximum atomic E-state index is 13.4. The summed E-state index contributed by atoms with van der Waals surface area (Å²) in [7, 11) is 0. The molecule has 2 bridgehead atoms. The first-order valence-electron chi connectivity index (χ1n) is 9.55. The molecule has 0 unspecified atom stereocenters. The highest BCUT2D eigenvalue weighted by Crippen LogP contribution is 2.47. The molecule has 6 heteroatoms. The molecule has 3 atom stereocenters. The van der Waals surface area contributed by atoms with Crippen molar-refractivity contribution in [2.75, 3.05) is 0 Å². The Kier molecular flexibility index (Phi) is 3.90. The number of aromatic nitrogens is 1. The van der Waals surface area contributed by atoms with Gasteiger partial charge in [-0.1, -0.05) is 59.4 Å². The maximum Gasteiger partial charge on any atom is 0.270 e. The molecule has 5 nitrogen and oxygen atoms in total. The van der Waals surface area contributed by atoms with E-state index in [1.54, 1.807) is 11.5 Å². The van der Waals surface area contributed by atoms with Gasteiger partial charge in [0, 0.05) is 5.56 Å². The van der Waals surface area contributed by atoms with Crippen LogP contribution < -0.4 is 19.6 Å². The lowest BCUT2D eigenvalue weighted by atomic mass is 9.79. The molecule has 0 spiro atoms. The summed E-state index contributed by atoms with van der Waals surface area (Å²) in [5, 5.41) is 0. The molecular formula is C23H20N2O3S. The van der Waals surface area contributed by atoms with Crippen molar-refractivity contribution in [1.82, 2.24) is 4.57 Å². The second kappa shape index (κ2) is 6.26. The highest BCUT2D eigenvalue weighted by Gasteiger charge is 2.53. The Morgan fingerprint density at radius 2 is 1.93 bits per heavy atom. The normalized spacial score (nSPS) is 24.9. The SMILES string of the molecule is CC(=O)[C@@H]1[C@@H]2c3ccccc3O[C@]1(C)N=c1s/c(=C/c3ccc(C)cc3)c(=O)n12. The van der Waals surface area contributed by atoms with Crippen molar-refractivity contribution in [1.29, 1.82) is 0 Å². The highest BCUT2D eigenvalue weighted by molar-refractivity contribution is 7.07. The highest BCUT2D eigenvalue weighted by atomic mass is 32.1. The zero-order valence-electron chi connectivity index (χ0n) is 16.4. The van der Waals surface area contributed by atoms with Crippen molar-refractivity contribution < 1.29 is 9.53 Å². The Morgan fingerprint density at radius 1 is 1.21 bits per heavy atom. The molecule has 3 heterocycles. The number of rotatable bonds is 2. The molecule has 0 amide bonds. The number of para-hydroxylation sites is 1. The quantitative estimate of drug-likeness (QED) is 0.660. The van der Waals surface area contributed by atoms with Crippen LogP contribution in [0.4, 0.5) is 0 Å². The van der Waals surface area contributed by atoms with Gasteiger partial charge in [-0.25, -0.2) is 4.99 Å². The Bertz CT molecular complexity index is 1320. The van der Waals surface area contributed by atoms with E-state index in [-0.39, 0.29) is 11.3 Å². The van der Waals surface area contributed by atoms with Crippen molar-refractivity contribution in [2.45, 2.75) is 32.5 Å². The molecular weight excluding hydrogens is 384 g/mol. The lowest BCUT2D eigenvalue weighted by molar-refractivity contribution is -0.132. The number of hydrogen-bond acceptors (Lipinski definition) is 5.